The van der Waals surface area contributed by atoms with Crippen LogP contribution in [0.15, 0.2) is 30.3 Å². The molecule has 5 heteroatoms. The fraction of sp³-hybridized carbons (Fsp3) is 0.588. The lowest BCUT2D eigenvalue weighted by molar-refractivity contribution is -0.0545. The number of carbonyl (C=O) groups excluding carboxylic acids is 1. The molecule has 0 unspecified atom stereocenters. The first-order valence-electron chi connectivity index (χ1n) is 7.93. The smallest absolute Gasteiger partial charge is 0.317 e. The van der Waals surface area contributed by atoms with Crippen LogP contribution in [0.25, 0.3) is 0 Å². The normalized spacial score (nSPS) is 23.0. The molecule has 5 nitrogen and oxygen atoms in total. The lowest BCUT2D eigenvalue weighted by Gasteiger charge is -2.36. The summed E-state index contributed by atoms with van der Waals surface area (Å²) in [6.45, 7) is 8.03. The third-order valence-electron chi connectivity index (χ3n) is 4.08. The molecule has 0 aliphatic carbocycles. The molecule has 0 bridgehead atoms. The molecule has 1 aromatic carbocycles. The van der Waals surface area contributed by atoms with Crippen molar-refractivity contribution in [3.05, 3.63) is 30.3 Å². The van der Waals surface area contributed by atoms with Gasteiger partial charge in [-0.1, -0.05) is 18.2 Å². The zero-order chi connectivity index (χ0) is 16.1. The van der Waals surface area contributed by atoms with Crippen molar-refractivity contribution in [3.8, 4) is 0 Å². The van der Waals surface area contributed by atoms with Gasteiger partial charge in [0.05, 0.1) is 12.2 Å². The maximum Gasteiger partial charge on any atom is 0.317 e. The van der Waals surface area contributed by atoms with Gasteiger partial charge in [0.1, 0.15) is 0 Å². The minimum Gasteiger partial charge on any atom is -0.372 e. The van der Waals surface area contributed by atoms with E-state index in [0.717, 1.165) is 5.69 Å². The number of ether oxygens (including phenoxy) is 1. The van der Waals surface area contributed by atoms with Crippen molar-refractivity contribution in [2.75, 3.05) is 31.6 Å². The Hall–Kier alpha value is -1.75. The van der Waals surface area contributed by atoms with Crippen molar-refractivity contribution in [1.82, 2.24) is 10.2 Å². The summed E-state index contributed by atoms with van der Waals surface area (Å²) in [4.78, 5) is 16.3. The van der Waals surface area contributed by atoms with E-state index in [4.69, 9.17) is 4.74 Å². The number of anilines is 1. The van der Waals surface area contributed by atoms with Crippen molar-refractivity contribution in [3.63, 3.8) is 0 Å². The molecule has 1 saturated heterocycles. The SMILES string of the molecule is C[C@@H]1CN(C(=O)NC[C@H](C)N(C)c2ccccc2)C[C@@H](C)O1. The van der Waals surface area contributed by atoms with Crippen LogP contribution in [0.5, 0.6) is 0 Å². The van der Waals surface area contributed by atoms with E-state index in [9.17, 15) is 4.79 Å². The average Bonchev–Trinajstić information content (AvgIpc) is 2.51. The summed E-state index contributed by atoms with van der Waals surface area (Å²) in [6, 6.07) is 10.4. The molecule has 1 aromatic rings. The number of para-hydroxylation sites is 1. The Bertz CT molecular complexity index is 470. The van der Waals surface area contributed by atoms with Gasteiger partial charge in [-0.2, -0.15) is 0 Å². The summed E-state index contributed by atoms with van der Waals surface area (Å²) in [5.74, 6) is 0. The van der Waals surface area contributed by atoms with E-state index in [1.165, 1.54) is 0 Å². The summed E-state index contributed by atoms with van der Waals surface area (Å²) in [7, 11) is 2.05. The number of carbonyl (C=O) groups is 1. The summed E-state index contributed by atoms with van der Waals surface area (Å²) < 4.78 is 5.66. The molecule has 3 atom stereocenters. The summed E-state index contributed by atoms with van der Waals surface area (Å²) in [5, 5.41) is 3.03. The highest BCUT2D eigenvalue weighted by atomic mass is 16.5. The van der Waals surface area contributed by atoms with E-state index < -0.39 is 0 Å². The van der Waals surface area contributed by atoms with E-state index in [0.29, 0.717) is 19.6 Å². The fourth-order valence-electron chi connectivity index (χ4n) is 2.75. The number of hydrogen-bond acceptors (Lipinski definition) is 3. The Kier molecular flexibility index (Phi) is 5.66. The second kappa shape index (κ2) is 7.49. The van der Waals surface area contributed by atoms with Gasteiger partial charge in [-0.25, -0.2) is 4.79 Å². The standard InChI is InChI=1S/C17H27N3O2/c1-13(19(4)16-8-6-5-7-9-16)10-18-17(21)20-11-14(2)22-15(3)12-20/h5-9,13-15H,10-12H2,1-4H3,(H,18,21)/t13-,14+,15+/m0/s1. The number of benzene rings is 1. The number of nitrogens with zero attached hydrogens (tertiary/aromatic N) is 2. The van der Waals surface area contributed by atoms with Gasteiger partial charge in [0.15, 0.2) is 0 Å². The Labute approximate surface area is 133 Å². The molecule has 0 saturated carbocycles. The molecular formula is C17H27N3O2. The quantitative estimate of drug-likeness (QED) is 0.928. The number of nitrogens with one attached hydrogen (secondary N) is 1. The van der Waals surface area contributed by atoms with Crippen LogP contribution in [0.1, 0.15) is 20.8 Å². The van der Waals surface area contributed by atoms with Gasteiger partial charge in [-0.3, -0.25) is 0 Å². The minimum atomic E-state index is -0.00434. The van der Waals surface area contributed by atoms with Crippen LogP contribution in [-0.4, -0.2) is 55.9 Å². The first kappa shape index (κ1) is 16.6. The number of likely N-dealkylation sites (N-methyl/N-ethyl adjacent to an activating group) is 1. The highest BCUT2D eigenvalue weighted by molar-refractivity contribution is 5.74. The predicted octanol–water partition coefficient (Wildman–Crippen LogP) is 2.33. The van der Waals surface area contributed by atoms with Gasteiger partial charge in [0.25, 0.3) is 0 Å². The van der Waals surface area contributed by atoms with Crippen LogP contribution in [0.3, 0.4) is 0 Å². The Balaban J connectivity index is 1.83. The van der Waals surface area contributed by atoms with E-state index in [1.54, 1.807) is 0 Å². The second-order valence-electron chi connectivity index (χ2n) is 6.14. The monoisotopic (exact) mass is 305 g/mol. The number of rotatable bonds is 4. The van der Waals surface area contributed by atoms with E-state index in [1.807, 2.05) is 44.0 Å². The molecule has 1 N–H and O–H groups in total. The van der Waals surface area contributed by atoms with E-state index in [2.05, 4.69) is 29.3 Å². The first-order valence-corrected chi connectivity index (χ1v) is 7.93. The Morgan fingerprint density at radius 1 is 1.32 bits per heavy atom. The van der Waals surface area contributed by atoms with Crippen LogP contribution in [0.2, 0.25) is 0 Å². The second-order valence-corrected chi connectivity index (χ2v) is 6.14. The molecule has 2 rings (SSSR count). The molecule has 0 radical (unpaired) electrons. The molecule has 1 aliphatic rings. The van der Waals surface area contributed by atoms with Gasteiger partial charge in [-0.05, 0) is 32.9 Å². The molecule has 1 fully saturated rings. The maximum atomic E-state index is 12.3. The molecule has 1 aliphatic heterocycles. The van der Waals surface area contributed by atoms with Crippen LogP contribution in [-0.2, 0) is 4.74 Å². The lowest BCUT2D eigenvalue weighted by atomic mass is 10.2. The molecule has 122 valence electrons. The number of amides is 2. The van der Waals surface area contributed by atoms with Crippen LogP contribution >= 0.6 is 0 Å². The van der Waals surface area contributed by atoms with Gasteiger partial charge >= 0.3 is 6.03 Å². The van der Waals surface area contributed by atoms with Crippen LogP contribution in [0.4, 0.5) is 10.5 Å². The number of urea groups is 1. The van der Waals surface area contributed by atoms with E-state index >= 15 is 0 Å². The largest absolute Gasteiger partial charge is 0.372 e. The van der Waals surface area contributed by atoms with Crippen LogP contribution < -0.4 is 10.2 Å². The van der Waals surface area contributed by atoms with Crippen molar-refractivity contribution in [2.24, 2.45) is 0 Å². The van der Waals surface area contributed by atoms with Crippen molar-refractivity contribution < 1.29 is 9.53 Å². The molecule has 0 aromatic heterocycles. The molecular weight excluding hydrogens is 278 g/mol. The summed E-state index contributed by atoms with van der Waals surface area (Å²) in [5.41, 5.74) is 1.15. The molecule has 2 amide bonds. The van der Waals surface area contributed by atoms with E-state index in [-0.39, 0.29) is 24.3 Å². The van der Waals surface area contributed by atoms with Gasteiger partial charge in [0, 0.05) is 38.4 Å². The molecule has 22 heavy (non-hydrogen) atoms. The zero-order valence-electron chi connectivity index (χ0n) is 14.0. The third kappa shape index (κ3) is 4.37. The number of morpholine rings is 1. The number of hydrogen-bond donors (Lipinski definition) is 1. The summed E-state index contributed by atoms with van der Waals surface area (Å²) in [6.07, 6.45) is 0.192. The molecule has 1 heterocycles. The van der Waals surface area contributed by atoms with Gasteiger partial charge in [0.2, 0.25) is 0 Å². The predicted molar refractivity (Wildman–Crippen MR) is 89.3 cm³/mol. The van der Waals surface area contributed by atoms with Gasteiger partial charge < -0.3 is 19.9 Å². The Morgan fingerprint density at radius 2 is 1.91 bits per heavy atom. The summed E-state index contributed by atoms with van der Waals surface area (Å²) >= 11 is 0. The zero-order valence-corrected chi connectivity index (χ0v) is 14.0. The maximum absolute atomic E-state index is 12.3. The highest BCUT2D eigenvalue weighted by Gasteiger charge is 2.26. The first-order chi connectivity index (χ1) is 10.5. The Morgan fingerprint density at radius 3 is 2.50 bits per heavy atom. The topological polar surface area (TPSA) is 44.8 Å². The van der Waals surface area contributed by atoms with Gasteiger partial charge in [-0.15, -0.1) is 0 Å². The fourth-order valence-corrected chi connectivity index (χ4v) is 2.75. The van der Waals surface area contributed by atoms with Crippen molar-refractivity contribution in [2.45, 2.75) is 39.0 Å². The van der Waals surface area contributed by atoms with Crippen LogP contribution in [0, 0.1) is 0 Å². The highest BCUT2D eigenvalue weighted by Crippen LogP contribution is 2.14. The lowest BCUT2D eigenvalue weighted by Crippen LogP contribution is -2.53. The van der Waals surface area contributed by atoms with Crippen molar-refractivity contribution in [1.29, 1.82) is 0 Å². The third-order valence-corrected chi connectivity index (χ3v) is 4.08. The minimum absolute atomic E-state index is 0.00434. The average molecular weight is 305 g/mol. The van der Waals surface area contributed by atoms with Crippen molar-refractivity contribution >= 4 is 11.7 Å². The molecule has 0 spiro atoms.